The third-order valence-electron chi connectivity index (χ3n) is 4.98. The second-order valence-corrected chi connectivity index (χ2v) is 9.99. The molecule has 0 fully saturated rings. The van der Waals surface area contributed by atoms with Gasteiger partial charge in [0.1, 0.15) is 17.0 Å². The predicted molar refractivity (Wildman–Crippen MR) is 126 cm³/mol. The largest absolute Gasteiger partial charge is 0.497 e. The molecule has 1 N–H and O–H groups in total. The number of hydrogen-bond donors (Lipinski definition) is 1. The van der Waals surface area contributed by atoms with Gasteiger partial charge in [0.15, 0.2) is 5.13 Å². The van der Waals surface area contributed by atoms with E-state index in [0.29, 0.717) is 40.8 Å². The van der Waals surface area contributed by atoms with Gasteiger partial charge in [0.2, 0.25) is 10.0 Å². The minimum atomic E-state index is -3.59. The van der Waals surface area contributed by atoms with Crippen molar-refractivity contribution in [2.75, 3.05) is 32.6 Å². The number of hydrogen-bond acceptors (Lipinski definition) is 7. The van der Waals surface area contributed by atoms with Crippen LogP contribution in [0, 0.1) is 0 Å². The van der Waals surface area contributed by atoms with Crippen molar-refractivity contribution in [3.8, 4) is 11.5 Å². The fourth-order valence-electron chi connectivity index (χ4n) is 3.18. The minimum Gasteiger partial charge on any atom is -0.497 e. The van der Waals surface area contributed by atoms with Crippen molar-refractivity contribution in [3.05, 3.63) is 42.0 Å². The number of thiazole rings is 1. The van der Waals surface area contributed by atoms with Gasteiger partial charge in [-0.15, -0.1) is 0 Å². The quantitative estimate of drug-likeness (QED) is 0.465. The average Bonchev–Trinajstić information content (AvgIpc) is 3.21. The van der Waals surface area contributed by atoms with E-state index in [4.69, 9.17) is 9.47 Å². The van der Waals surface area contributed by atoms with E-state index in [1.807, 2.05) is 19.9 Å². The lowest BCUT2D eigenvalue weighted by molar-refractivity contribution is 0.102. The van der Waals surface area contributed by atoms with Gasteiger partial charge in [0.05, 0.1) is 23.8 Å². The molecule has 0 bridgehead atoms. The highest BCUT2D eigenvalue weighted by molar-refractivity contribution is 7.89. The normalized spacial score (nSPS) is 11.7. The van der Waals surface area contributed by atoms with Crippen molar-refractivity contribution in [2.24, 2.45) is 0 Å². The number of methoxy groups -OCH3 is 2. The highest BCUT2D eigenvalue weighted by Gasteiger charge is 2.23. The second-order valence-electron chi connectivity index (χ2n) is 7.02. The van der Waals surface area contributed by atoms with Gasteiger partial charge in [0, 0.05) is 24.7 Å². The summed E-state index contributed by atoms with van der Waals surface area (Å²) >= 11 is 1.30. The number of benzene rings is 2. The van der Waals surface area contributed by atoms with Gasteiger partial charge in [-0.3, -0.25) is 10.1 Å². The fraction of sp³-hybridized carbons (Fsp3) is 0.364. The summed E-state index contributed by atoms with van der Waals surface area (Å²) in [5, 5.41) is 3.18. The van der Waals surface area contributed by atoms with Crippen LogP contribution in [-0.2, 0) is 10.0 Å². The number of nitrogens with one attached hydrogen (secondary N) is 1. The number of anilines is 1. The van der Waals surface area contributed by atoms with Crippen molar-refractivity contribution in [1.82, 2.24) is 9.29 Å². The summed E-state index contributed by atoms with van der Waals surface area (Å²) in [6, 6.07) is 9.49. The Hall–Kier alpha value is -2.69. The minimum absolute atomic E-state index is 0.170. The van der Waals surface area contributed by atoms with Crippen molar-refractivity contribution in [1.29, 1.82) is 0 Å². The molecule has 0 saturated heterocycles. The molecule has 3 rings (SSSR count). The Morgan fingerprint density at radius 3 is 2.44 bits per heavy atom. The van der Waals surface area contributed by atoms with Crippen LogP contribution >= 0.6 is 11.3 Å². The SMILES string of the molecule is CCCCN(CC)S(=O)(=O)c1ccc(C(=O)Nc2nc3c(OC)cc(OC)cc3s2)cc1. The van der Waals surface area contributed by atoms with Gasteiger partial charge in [-0.05, 0) is 36.8 Å². The zero-order chi connectivity index (χ0) is 23.3. The molecular weight excluding hydrogens is 450 g/mol. The summed E-state index contributed by atoms with van der Waals surface area (Å²) in [5.74, 6) is 0.805. The molecule has 10 heteroatoms. The van der Waals surface area contributed by atoms with E-state index in [-0.39, 0.29) is 10.8 Å². The third-order valence-corrected chi connectivity index (χ3v) is 7.88. The standard InChI is InChI=1S/C22H27N3O5S2/c1-5-7-12-25(6-2)32(27,28)17-10-8-15(9-11-17)21(26)24-22-23-20-18(30-4)13-16(29-3)14-19(20)31-22/h8-11,13-14H,5-7,12H2,1-4H3,(H,23,24,26). The van der Waals surface area contributed by atoms with E-state index in [9.17, 15) is 13.2 Å². The molecule has 0 radical (unpaired) electrons. The summed E-state index contributed by atoms with van der Waals surface area (Å²) in [6.45, 7) is 4.71. The van der Waals surface area contributed by atoms with E-state index in [1.165, 1.54) is 39.9 Å². The van der Waals surface area contributed by atoms with Crippen LogP contribution in [0.15, 0.2) is 41.3 Å². The van der Waals surface area contributed by atoms with Crippen LogP contribution < -0.4 is 14.8 Å². The number of aromatic nitrogens is 1. The van der Waals surface area contributed by atoms with E-state index >= 15 is 0 Å². The number of amides is 1. The molecule has 0 aliphatic rings. The number of nitrogens with zero attached hydrogens (tertiary/aromatic N) is 2. The zero-order valence-corrected chi connectivity index (χ0v) is 20.2. The summed E-state index contributed by atoms with van der Waals surface area (Å²) in [4.78, 5) is 17.3. The lowest BCUT2D eigenvalue weighted by Crippen LogP contribution is -2.31. The number of ether oxygens (including phenoxy) is 2. The highest BCUT2D eigenvalue weighted by atomic mass is 32.2. The molecule has 0 atom stereocenters. The fourth-order valence-corrected chi connectivity index (χ4v) is 5.58. The first-order valence-electron chi connectivity index (χ1n) is 10.3. The van der Waals surface area contributed by atoms with Crippen molar-refractivity contribution >= 4 is 42.6 Å². The number of unbranched alkanes of at least 4 members (excludes halogenated alkanes) is 1. The van der Waals surface area contributed by atoms with E-state index in [2.05, 4.69) is 10.3 Å². The Bertz CT molecular complexity index is 1190. The first kappa shape index (κ1) is 24.0. The summed E-state index contributed by atoms with van der Waals surface area (Å²) in [7, 11) is -0.479. The van der Waals surface area contributed by atoms with Crippen LogP contribution in [0.4, 0.5) is 5.13 Å². The van der Waals surface area contributed by atoms with Gasteiger partial charge in [-0.2, -0.15) is 4.31 Å². The molecule has 8 nitrogen and oxygen atoms in total. The Morgan fingerprint density at radius 2 is 1.84 bits per heavy atom. The zero-order valence-electron chi connectivity index (χ0n) is 18.5. The van der Waals surface area contributed by atoms with Crippen LogP contribution in [-0.4, -0.2) is 50.9 Å². The number of sulfonamides is 1. The molecule has 172 valence electrons. The molecule has 0 saturated carbocycles. The molecule has 32 heavy (non-hydrogen) atoms. The van der Waals surface area contributed by atoms with Crippen LogP contribution in [0.1, 0.15) is 37.0 Å². The second kappa shape index (κ2) is 10.3. The molecule has 3 aromatic rings. The van der Waals surface area contributed by atoms with Gasteiger partial charge in [-0.1, -0.05) is 31.6 Å². The molecule has 2 aromatic carbocycles. The Labute approximate surface area is 192 Å². The van der Waals surface area contributed by atoms with Gasteiger partial charge < -0.3 is 9.47 Å². The number of carbonyl (C=O) groups is 1. The summed E-state index contributed by atoms with van der Waals surface area (Å²) < 4.78 is 38.6. The Balaban J connectivity index is 1.79. The molecule has 1 amide bonds. The van der Waals surface area contributed by atoms with E-state index < -0.39 is 10.0 Å². The average molecular weight is 478 g/mol. The first-order valence-corrected chi connectivity index (χ1v) is 12.5. The van der Waals surface area contributed by atoms with E-state index in [0.717, 1.165) is 17.5 Å². The maximum Gasteiger partial charge on any atom is 0.257 e. The van der Waals surface area contributed by atoms with Crippen LogP contribution in [0.25, 0.3) is 10.2 Å². The maximum absolute atomic E-state index is 12.8. The van der Waals surface area contributed by atoms with Crippen molar-refractivity contribution < 1.29 is 22.7 Å². The lowest BCUT2D eigenvalue weighted by atomic mass is 10.2. The molecular formula is C22H27N3O5S2. The third kappa shape index (κ3) is 5.03. The Morgan fingerprint density at radius 1 is 1.12 bits per heavy atom. The summed E-state index contributed by atoms with van der Waals surface area (Å²) in [6.07, 6.45) is 1.71. The number of carbonyl (C=O) groups excluding carboxylic acids is 1. The highest BCUT2D eigenvalue weighted by Crippen LogP contribution is 2.36. The molecule has 0 spiro atoms. The number of rotatable bonds is 10. The molecule has 1 aromatic heterocycles. The van der Waals surface area contributed by atoms with E-state index in [1.54, 1.807) is 20.3 Å². The predicted octanol–water partition coefficient (Wildman–Crippen LogP) is 4.38. The molecule has 0 aliphatic carbocycles. The molecule has 0 aliphatic heterocycles. The van der Waals surface area contributed by atoms with Gasteiger partial charge in [0.25, 0.3) is 5.91 Å². The summed E-state index contributed by atoms with van der Waals surface area (Å²) in [5.41, 5.74) is 0.964. The Kier molecular flexibility index (Phi) is 7.70. The number of fused-ring (bicyclic) bond motifs is 1. The molecule has 0 unspecified atom stereocenters. The van der Waals surface area contributed by atoms with Gasteiger partial charge >= 0.3 is 0 Å². The lowest BCUT2D eigenvalue weighted by Gasteiger charge is -2.20. The smallest absolute Gasteiger partial charge is 0.257 e. The van der Waals surface area contributed by atoms with Crippen molar-refractivity contribution in [2.45, 2.75) is 31.6 Å². The van der Waals surface area contributed by atoms with Crippen molar-refractivity contribution in [3.63, 3.8) is 0 Å². The molecule has 1 heterocycles. The van der Waals surface area contributed by atoms with Crippen LogP contribution in [0.5, 0.6) is 11.5 Å². The first-order chi connectivity index (χ1) is 15.3. The van der Waals surface area contributed by atoms with Gasteiger partial charge in [-0.25, -0.2) is 13.4 Å². The maximum atomic E-state index is 12.8. The van der Waals surface area contributed by atoms with Crippen LogP contribution in [0.2, 0.25) is 0 Å². The van der Waals surface area contributed by atoms with Crippen LogP contribution in [0.3, 0.4) is 0 Å². The monoisotopic (exact) mass is 477 g/mol. The topological polar surface area (TPSA) is 97.8 Å².